The molecule has 2 aromatic rings. The molecule has 3 nitrogen and oxygen atoms in total. The molecular weight excluding hydrogens is 312 g/mol. The number of hydrogen-bond donors (Lipinski definition) is 0. The minimum atomic E-state index is -0.449. The van der Waals surface area contributed by atoms with Crippen LogP contribution in [-0.2, 0) is 9.53 Å². The number of ether oxygens (including phenoxy) is 1. The zero-order valence-corrected chi connectivity index (χ0v) is 14.1. The molecule has 0 amide bonds. The van der Waals surface area contributed by atoms with Crippen LogP contribution in [0, 0.1) is 0 Å². The Morgan fingerprint density at radius 2 is 1.68 bits per heavy atom. The van der Waals surface area contributed by atoms with Gasteiger partial charge in [0.05, 0.1) is 0 Å². The summed E-state index contributed by atoms with van der Waals surface area (Å²) in [7, 11) is 0. The van der Waals surface area contributed by atoms with Crippen molar-refractivity contribution in [3.05, 3.63) is 95.1 Å². The molecule has 3 heteroatoms. The van der Waals surface area contributed by atoms with Gasteiger partial charge in [-0.3, -0.25) is 4.79 Å². The van der Waals surface area contributed by atoms with Crippen molar-refractivity contribution in [1.82, 2.24) is 0 Å². The second kappa shape index (κ2) is 7.75. The zero-order chi connectivity index (χ0) is 17.6. The second-order valence-corrected chi connectivity index (χ2v) is 5.94. The van der Waals surface area contributed by atoms with Crippen LogP contribution in [0.4, 0.5) is 0 Å². The van der Waals surface area contributed by atoms with E-state index in [1.54, 1.807) is 18.2 Å². The highest BCUT2D eigenvalue weighted by molar-refractivity contribution is 6.05. The molecule has 0 saturated carbocycles. The van der Waals surface area contributed by atoms with Crippen LogP contribution in [0.15, 0.2) is 84.0 Å². The third-order valence-electron chi connectivity index (χ3n) is 4.18. The van der Waals surface area contributed by atoms with Crippen molar-refractivity contribution in [3.8, 4) is 0 Å². The van der Waals surface area contributed by atoms with E-state index in [2.05, 4.69) is 0 Å². The first-order valence-electron chi connectivity index (χ1n) is 8.47. The normalized spacial score (nSPS) is 17.2. The predicted octanol–water partition coefficient (Wildman–Crippen LogP) is 4.82. The number of esters is 1. The molecule has 1 atom stereocenters. The lowest BCUT2D eigenvalue weighted by molar-refractivity contribution is -0.140. The minimum absolute atomic E-state index is 0.0879. The van der Waals surface area contributed by atoms with E-state index >= 15 is 0 Å². The molecule has 25 heavy (non-hydrogen) atoms. The number of hydrogen-bond acceptors (Lipinski definition) is 3. The van der Waals surface area contributed by atoms with Gasteiger partial charge in [0, 0.05) is 16.7 Å². The average molecular weight is 332 g/mol. The van der Waals surface area contributed by atoms with E-state index in [0.29, 0.717) is 17.6 Å². The fourth-order valence-electron chi connectivity index (χ4n) is 2.94. The maximum absolute atomic E-state index is 12.4. The number of benzene rings is 2. The van der Waals surface area contributed by atoms with Crippen molar-refractivity contribution in [1.29, 1.82) is 0 Å². The Bertz CT molecular complexity index is 817. The maximum Gasteiger partial charge on any atom is 0.335 e. The van der Waals surface area contributed by atoms with Crippen molar-refractivity contribution in [2.45, 2.75) is 25.9 Å². The van der Waals surface area contributed by atoms with Gasteiger partial charge in [-0.25, -0.2) is 4.79 Å². The van der Waals surface area contributed by atoms with Crippen molar-refractivity contribution < 1.29 is 14.3 Å². The molecule has 0 aliphatic carbocycles. The predicted molar refractivity (Wildman–Crippen MR) is 97.1 cm³/mol. The lowest BCUT2D eigenvalue weighted by atomic mass is 9.96. The highest BCUT2D eigenvalue weighted by Crippen LogP contribution is 2.37. The van der Waals surface area contributed by atoms with Crippen LogP contribution >= 0.6 is 0 Å². The molecule has 1 heterocycles. The van der Waals surface area contributed by atoms with Gasteiger partial charge in [0.1, 0.15) is 0 Å². The SMILES string of the molecule is CCCC1=C(/C=C/C(=O)c2ccccc2)C(c2ccccc2)OC1=O. The van der Waals surface area contributed by atoms with Gasteiger partial charge in [0.15, 0.2) is 11.9 Å². The first-order chi connectivity index (χ1) is 12.2. The Labute approximate surface area is 147 Å². The van der Waals surface area contributed by atoms with E-state index in [4.69, 9.17) is 4.74 Å². The lowest BCUT2D eigenvalue weighted by Crippen LogP contribution is -2.03. The van der Waals surface area contributed by atoms with E-state index in [-0.39, 0.29) is 11.8 Å². The second-order valence-electron chi connectivity index (χ2n) is 5.94. The average Bonchev–Trinajstić information content (AvgIpc) is 2.97. The van der Waals surface area contributed by atoms with E-state index in [1.807, 2.05) is 55.5 Å². The number of rotatable bonds is 6. The molecule has 0 spiro atoms. The Hall–Kier alpha value is -2.94. The van der Waals surface area contributed by atoms with Gasteiger partial charge in [-0.05, 0) is 18.1 Å². The van der Waals surface area contributed by atoms with Gasteiger partial charge in [-0.1, -0.05) is 80.1 Å². The van der Waals surface area contributed by atoms with Crippen LogP contribution in [0.2, 0.25) is 0 Å². The number of carbonyl (C=O) groups is 2. The topological polar surface area (TPSA) is 43.4 Å². The summed E-state index contributed by atoms with van der Waals surface area (Å²) in [5.41, 5.74) is 2.97. The number of carbonyl (C=O) groups excluding carboxylic acids is 2. The fraction of sp³-hybridized carbons (Fsp3) is 0.182. The van der Waals surface area contributed by atoms with Gasteiger partial charge in [0.2, 0.25) is 0 Å². The van der Waals surface area contributed by atoms with Crippen LogP contribution in [0.3, 0.4) is 0 Å². The lowest BCUT2D eigenvalue weighted by Gasteiger charge is -2.12. The van der Waals surface area contributed by atoms with Crippen LogP contribution < -0.4 is 0 Å². The molecule has 1 unspecified atom stereocenters. The third kappa shape index (κ3) is 3.77. The summed E-state index contributed by atoms with van der Waals surface area (Å²) in [6.45, 7) is 2.02. The molecule has 0 N–H and O–H groups in total. The molecule has 0 fully saturated rings. The Kier molecular flexibility index (Phi) is 5.24. The zero-order valence-electron chi connectivity index (χ0n) is 14.1. The first-order valence-corrected chi connectivity index (χ1v) is 8.47. The molecular formula is C22H20O3. The van der Waals surface area contributed by atoms with Crippen molar-refractivity contribution >= 4 is 11.8 Å². The van der Waals surface area contributed by atoms with Gasteiger partial charge in [-0.15, -0.1) is 0 Å². The molecule has 126 valence electrons. The monoisotopic (exact) mass is 332 g/mol. The van der Waals surface area contributed by atoms with E-state index < -0.39 is 6.10 Å². The van der Waals surface area contributed by atoms with Crippen molar-refractivity contribution in [2.24, 2.45) is 0 Å². The van der Waals surface area contributed by atoms with Gasteiger partial charge >= 0.3 is 5.97 Å². The number of ketones is 1. The van der Waals surface area contributed by atoms with Crippen molar-refractivity contribution in [2.75, 3.05) is 0 Å². The number of cyclic esters (lactones) is 1. The Morgan fingerprint density at radius 3 is 2.32 bits per heavy atom. The van der Waals surface area contributed by atoms with Crippen LogP contribution in [0.25, 0.3) is 0 Å². The standard InChI is InChI=1S/C22H20O3/c1-2-9-19-18(14-15-20(23)16-10-5-3-6-11-16)21(25-22(19)24)17-12-7-4-8-13-17/h3-8,10-15,21H,2,9H2,1H3/b15-14+. The van der Waals surface area contributed by atoms with E-state index in [9.17, 15) is 9.59 Å². The summed E-state index contributed by atoms with van der Waals surface area (Å²) in [5, 5.41) is 0. The van der Waals surface area contributed by atoms with Crippen LogP contribution in [-0.4, -0.2) is 11.8 Å². The van der Waals surface area contributed by atoms with Gasteiger partial charge in [0.25, 0.3) is 0 Å². The largest absolute Gasteiger partial charge is 0.449 e. The molecule has 0 radical (unpaired) electrons. The molecule has 2 aromatic carbocycles. The minimum Gasteiger partial charge on any atom is -0.449 e. The quantitative estimate of drug-likeness (QED) is 0.433. The summed E-state index contributed by atoms with van der Waals surface area (Å²) in [6.07, 6.45) is 4.30. The van der Waals surface area contributed by atoms with Gasteiger partial charge < -0.3 is 4.74 Å². The van der Waals surface area contributed by atoms with Crippen LogP contribution in [0.5, 0.6) is 0 Å². The highest BCUT2D eigenvalue weighted by atomic mass is 16.5. The van der Waals surface area contributed by atoms with Gasteiger partial charge in [-0.2, -0.15) is 0 Å². The number of allylic oxidation sites excluding steroid dienone is 1. The van der Waals surface area contributed by atoms with Crippen molar-refractivity contribution in [3.63, 3.8) is 0 Å². The molecule has 1 aliphatic heterocycles. The van der Waals surface area contributed by atoms with E-state index in [0.717, 1.165) is 17.6 Å². The summed E-state index contributed by atoms with van der Waals surface area (Å²) in [4.78, 5) is 24.6. The molecule has 0 bridgehead atoms. The Morgan fingerprint density at radius 1 is 1.04 bits per heavy atom. The Balaban J connectivity index is 1.94. The molecule has 0 aromatic heterocycles. The van der Waals surface area contributed by atoms with Crippen LogP contribution in [0.1, 0.15) is 41.8 Å². The summed E-state index contributed by atoms with van der Waals surface area (Å²) in [6, 6.07) is 18.7. The smallest absolute Gasteiger partial charge is 0.335 e. The van der Waals surface area contributed by atoms with E-state index in [1.165, 1.54) is 6.08 Å². The fourth-order valence-corrected chi connectivity index (χ4v) is 2.94. The summed E-state index contributed by atoms with van der Waals surface area (Å²) in [5.74, 6) is -0.377. The first kappa shape index (κ1) is 16.9. The third-order valence-corrected chi connectivity index (χ3v) is 4.18. The molecule has 3 rings (SSSR count). The highest BCUT2D eigenvalue weighted by Gasteiger charge is 2.32. The maximum atomic E-state index is 12.4. The molecule has 0 saturated heterocycles. The summed E-state index contributed by atoms with van der Waals surface area (Å²) >= 11 is 0. The molecule has 1 aliphatic rings. The summed E-state index contributed by atoms with van der Waals surface area (Å²) < 4.78 is 5.59.